The van der Waals surface area contributed by atoms with Crippen molar-refractivity contribution >= 4 is 22.5 Å². The van der Waals surface area contributed by atoms with Crippen LogP contribution in [0, 0.1) is 11.6 Å². The summed E-state index contributed by atoms with van der Waals surface area (Å²) in [5, 5.41) is 3.10. The number of aromatic nitrogens is 2. The minimum absolute atomic E-state index is 0.102. The van der Waals surface area contributed by atoms with Gasteiger partial charge in [0.25, 0.3) is 11.5 Å². The molecule has 0 saturated carbocycles. The number of halogens is 2. The van der Waals surface area contributed by atoms with E-state index in [4.69, 9.17) is 23.7 Å². The number of hydrogen-bond donors (Lipinski definition) is 1. The maximum absolute atomic E-state index is 15.3. The van der Waals surface area contributed by atoms with Crippen molar-refractivity contribution in [1.29, 1.82) is 0 Å². The highest BCUT2D eigenvalue weighted by molar-refractivity contribution is 6.04. The van der Waals surface area contributed by atoms with Crippen molar-refractivity contribution in [1.82, 2.24) is 9.55 Å². The Hall–Kier alpha value is -5.33. The van der Waals surface area contributed by atoms with Crippen LogP contribution in [0.5, 0.6) is 23.0 Å². The highest BCUT2D eigenvalue weighted by Crippen LogP contribution is 2.38. The molecule has 10 nitrogen and oxygen atoms in total. The number of carbonyl (C=O) groups is 1. The van der Waals surface area contributed by atoms with Crippen LogP contribution in [0.4, 0.5) is 14.5 Å². The van der Waals surface area contributed by atoms with Gasteiger partial charge in [0.15, 0.2) is 23.1 Å². The second-order valence-electron chi connectivity index (χ2n) is 9.82. The second-order valence-corrected chi connectivity index (χ2v) is 9.82. The smallest absolute Gasteiger partial charge is 0.267 e. The van der Waals surface area contributed by atoms with Crippen LogP contribution >= 0.6 is 0 Å². The normalized spacial score (nSPS) is 13.8. The molecule has 3 aromatic carbocycles. The molecular formula is C33H27F2N3O7. The van der Waals surface area contributed by atoms with Crippen LogP contribution in [-0.4, -0.2) is 55.1 Å². The summed E-state index contributed by atoms with van der Waals surface area (Å²) in [4.78, 5) is 30.3. The molecule has 2 aromatic heterocycles. The molecule has 1 aliphatic rings. The summed E-state index contributed by atoms with van der Waals surface area (Å²) < 4.78 is 58.5. The Balaban J connectivity index is 1.21. The molecule has 1 amide bonds. The van der Waals surface area contributed by atoms with Gasteiger partial charge in [-0.15, -0.1) is 0 Å². The first-order valence-electron chi connectivity index (χ1n) is 14.1. The molecule has 0 saturated heterocycles. The number of ether oxygens (including phenoxy) is 5. The standard InChI is InChI=1S/C33H27F2N3O7/c34-21-3-6-23(7-4-21)38-11-1-2-24(33(38)40)32(39)37-22-5-8-29(26(35)18-22)45-28-9-10-36-27-20-31-30(19-25(27)28)43-16-14-41-12-13-42-15-17-44-31/h1-11,18-20H,12-17H2,(H,37,39). The first-order valence-corrected chi connectivity index (χ1v) is 14.1. The number of rotatable bonds is 5. The van der Waals surface area contributed by atoms with E-state index in [-0.39, 0.29) is 23.6 Å². The van der Waals surface area contributed by atoms with Gasteiger partial charge in [0.05, 0.1) is 31.9 Å². The quantitative estimate of drug-likeness (QED) is 0.276. The average Bonchev–Trinajstić information content (AvgIpc) is 3.03. The molecule has 1 aliphatic heterocycles. The van der Waals surface area contributed by atoms with Gasteiger partial charge in [-0.1, -0.05) is 0 Å². The van der Waals surface area contributed by atoms with E-state index in [1.807, 2.05) is 0 Å². The van der Waals surface area contributed by atoms with E-state index in [0.29, 0.717) is 66.9 Å². The van der Waals surface area contributed by atoms with Gasteiger partial charge in [0, 0.05) is 41.3 Å². The number of nitrogens with one attached hydrogen (secondary N) is 1. The lowest BCUT2D eigenvalue weighted by Crippen LogP contribution is -2.27. The molecule has 0 aliphatic carbocycles. The molecule has 0 spiro atoms. The van der Waals surface area contributed by atoms with Crippen molar-refractivity contribution in [2.24, 2.45) is 0 Å². The van der Waals surface area contributed by atoms with Crippen molar-refractivity contribution < 1.29 is 37.3 Å². The molecule has 5 aromatic rings. The summed E-state index contributed by atoms with van der Waals surface area (Å²) in [5.74, 6) is -0.806. The third-order valence-corrected chi connectivity index (χ3v) is 6.82. The van der Waals surface area contributed by atoms with Gasteiger partial charge in [-0.2, -0.15) is 0 Å². The van der Waals surface area contributed by atoms with Gasteiger partial charge in [-0.3, -0.25) is 19.1 Å². The molecule has 45 heavy (non-hydrogen) atoms. The third kappa shape index (κ3) is 6.92. The average molecular weight is 616 g/mol. The van der Waals surface area contributed by atoms with Crippen LogP contribution in [0.3, 0.4) is 0 Å². The van der Waals surface area contributed by atoms with E-state index in [1.165, 1.54) is 65.5 Å². The second kappa shape index (κ2) is 13.5. The highest BCUT2D eigenvalue weighted by atomic mass is 19.1. The number of amides is 1. The first kappa shape index (κ1) is 29.7. The van der Waals surface area contributed by atoms with E-state index in [9.17, 15) is 14.0 Å². The molecule has 6 rings (SSSR count). The summed E-state index contributed by atoms with van der Waals surface area (Å²) in [7, 11) is 0. The van der Waals surface area contributed by atoms with E-state index >= 15 is 4.39 Å². The molecule has 0 unspecified atom stereocenters. The number of pyridine rings is 2. The van der Waals surface area contributed by atoms with Crippen molar-refractivity contribution in [2.45, 2.75) is 0 Å². The number of fused-ring (bicyclic) bond motifs is 2. The zero-order chi connectivity index (χ0) is 31.2. The Bertz CT molecular complexity index is 1900. The van der Waals surface area contributed by atoms with E-state index in [1.54, 1.807) is 18.2 Å². The zero-order valence-corrected chi connectivity index (χ0v) is 23.8. The summed E-state index contributed by atoms with van der Waals surface area (Å²) >= 11 is 0. The Morgan fingerprint density at radius 1 is 0.822 bits per heavy atom. The Morgan fingerprint density at radius 2 is 1.53 bits per heavy atom. The SMILES string of the molecule is O=C(Nc1ccc(Oc2ccnc3cc4c(cc23)OCCOCCOCCO4)c(F)c1)c1cccn(-c2ccc(F)cc2)c1=O. The van der Waals surface area contributed by atoms with E-state index in [0.717, 1.165) is 6.07 Å². The fourth-order valence-electron chi connectivity index (χ4n) is 4.64. The fourth-order valence-corrected chi connectivity index (χ4v) is 4.64. The summed E-state index contributed by atoms with van der Waals surface area (Å²) in [6, 6.07) is 17.1. The van der Waals surface area contributed by atoms with Crippen molar-refractivity contribution in [3.63, 3.8) is 0 Å². The van der Waals surface area contributed by atoms with Crippen molar-refractivity contribution in [2.75, 3.05) is 45.0 Å². The van der Waals surface area contributed by atoms with Crippen LogP contribution in [0.15, 0.2) is 90.0 Å². The molecule has 1 N–H and O–H groups in total. The molecular weight excluding hydrogens is 588 g/mol. The highest BCUT2D eigenvalue weighted by Gasteiger charge is 2.17. The largest absolute Gasteiger partial charge is 0.487 e. The molecule has 0 fully saturated rings. The number of benzene rings is 3. The van der Waals surface area contributed by atoms with Crippen LogP contribution in [-0.2, 0) is 9.47 Å². The van der Waals surface area contributed by atoms with Crippen LogP contribution in [0.1, 0.15) is 10.4 Å². The lowest BCUT2D eigenvalue weighted by atomic mass is 10.1. The number of hydrogen-bond acceptors (Lipinski definition) is 8. The van der Waals surface area contributed by atoms with Crippen LogP contribution in [0.2, 0.25) is 0 Å². The minimum Gasteiger partial charge on any atom is -0.487 e. The molecule has 0 radical (unpaired) electrons. The Labute approximate surface area is 255 Å². The molecule has 12 heteroatoms. The van der Waals surface area contributed by atoms with Gasteiger partial charge < -0.3 is 29.0 Å². The fraction of sp³-hybridized carbons (Fsp3) is 0.182. The molecule has 3 heterocycles. The lowest BCUT2D eigenvalue weighted by Gasteiger charge is -2.17. The maximum Gasteiger partial charge on any atom is 0.267 e. The third-order valence-electron chi connectivity index (χ3n) is 6.82. The van der Waals surface area contributed by atoms with Crippen molar-refractivity contribution in [3.05, 3.63) is 113 Å². The van der Waals surface area contributed by atoms with Gasteiger partial charge >= 0.3 is 0 Å². The Kier molecular flexibility index (Phi) is 8.94. The topological polar surface area (TPSA) is 110 Å². The Morgan fingerprint density at radius 3 is 2.27 bits per heavy atom. The number of carbonyl (C=O) groups excluding carboxylic acids is 1. The minimum atomic E-state index is -0.752. The monoisotopic (exact) mass is 615 g/mol. The summed E-state index contributed by atoms with van der Waals surface area (Å²) in [6.07, 6.45) is 3.00. The lowest BCUT2D eigenvalue weighted by molar-refractivity contribution is 0.0224. The summed E-state index contributed by atoms with van der Waals surface area (Å²) in [5.41, 5.74) is 0.241. The first-order chi connectivity index (χ1) is 22.0. The van der Waals surface area contributed by atoms with Crippen LogP contribution in [0.25, 0.3) is 16.6 Å². The van der Waals surface area contributed by atoms with Gasteiger partial charge in [-0.05, 0) is 60.7 Å². The van der Waals surface area contributed by atoms with E-state index < -0.39 is 23.1 Å². The van der Waals surface area contributed by atoms with Crippen molar-refractivity contribution in [3.8, 4) is 28.7 Å². The predicted octanol–water partition coefficient (Wildman–Crippen LogP) is 5.51. The molecule has 230 valence electrons. The maximum atomic E-state index is 15.3. The molecule has 0 atom stereocenters. The van der Waals surface area contributed by atoms with Gasteiger partial charge in [0.1, 0.15) is 30.3 Å². The summed E-state index contributed by atoms with van der Waals surface area (Å²) in [6.45, 7) is 2.25. The van der Waals surface area contributed by atoms with Gasteiger partial charge in [-0.25, -0.2) is 8.78 Å². The van der Waals surface area contributed by atoms with Crippen LogP contribution < -0.4 is 25.1 Å². The van der Waals surface area contributed by atoms with E-state index in [2.05, 4.69) is 10.3 Å². The molecule has 0 bridgehead atoms. The number of nitrogens with zero attached hydrogens (tertiary/aromatic N) is 2. The van der Waals surface area contributed by atoms with Gasteiger partial charge in [0.2, 0.25) is 0 Å². The predicted molar refractivity (Wildman–Crippen MR) is 161 cm³/mol. The zero-order valence-electron chi connectivity index (χ0n) is 23.8. The number of anilines is 1.